The second kappa shape index (κ2) is 4.79. The maximum Gasteiger partial charge on any atom is 0.307 e. The molecule has 1 amide bonds. The van der Waals surface area contributed by atoms with E-state index in [0.29, 0.717) is 0 Å². The van der Waals surface area contributed by atoms with Crippen molar-refractivity contribution in [2.45, 2.75) is 16.6 Å². The van der Waals surface area contributed by atoms with Crippen molar-refractivity contribution < 1.29 is 14.3 Å². The number of carbonyl (C=O) groups excluding carboxylic acids is 2. The second-order valence-corrected chi connectivity index (χ2v) is 5.00. The first-order valence-electron chi connectivity index (χ1n) is 5.23. The zero-order valence-corrected chi connectivity index (χ0v) is 10.5. The minimum atomic E-state index is -0.387. The Hall–Kier alpha value is -1.49. The number of esters is 1. The minimum absolute atomic E-state index is 0.0564. The standard InChI is InChI=1S/C12H13NO3S/c1-13-8-5-3-4-6-9(8)17-10(12(13)15)7-11(14)16-2/h3-6,10H,7H2,1-2H3/t10-/m1/s1. The van der Waals surface area contributed by atoms with Gasteiger partial charge in [-0.05, 0) is 12.1 Å². The van der Waals surface area contributed by atoms with E-state index in [1.54, 1.807) is 11.9 Å². The Kier molecular flexibility index (Phi) is 3.38. The third-order valence-electron chi connectivity index (χ3n) is 2.68. The third kappa shape index (κ3) is 2.29. The molecule has 0 aromatic heterocycles. The molecule has 90 valence electrons. The van der Waals surface area contributed by atoms with E-state index in [0.717, 1.165) is 10.6 Å². The summed E-state index contributed by atoms with van der Waals surface area (Å²) < 4.78 is 4.60. The van der Waals surface area contributed by atoms with Crippen molar-refractivity contribution in [3.05, 3.63) is 24.3 Å². The van der Waals surface area contributed by atoms with Crippen molar-refractivity contribution in [2.24, 2.45) is 0 Å². The van der Waals surface area contributed by atoms with Crippen LogP contribution in [0.5, 0.6) is 0 Å². The lowest BCUT2D eigenvalue weighted by molar-refractivity contribution is -0.141. The van der Waals surface area contributed by atoms with Crippen LogP contribution < -0.4 is 4.90 Å². The maximum absolute atomic E-state index is 12.0. The maximum atomic E-state index is 12.0. The SMILES string of the molecule is COC(=O)C[C@H]1Sc2ccccc2N(C)C1=O. The van der Waals surface area contributed by atoms with Gasteiger partial charge in [-0.1, -0.05) is 12.1 Å². The molecule has 1 aromatic rings. The molecule has 0 saturated heterocycles. The fraction of sp³-hybridized carbons (Fsp3) is 0.333. The van der Waals surface area contributed by atoms with Crippen LogP contribution in [0.2, 0.25) is 0 Å². The molecule has 5 heteroatoms. The number of anilines is 1. The molecule has 0 fully saturated rings. The quantitative estimate of drug-likeness (QED) is 0.750. The van der Waals surface area contributed by atoms with Gasteiger partial charge in [0.15, 0.2) is 0 Å². The Labute approximate surface area is 104 Å². The number of para-hydroxylation sites is 1. The van der Waals surface area contributed by atoms with Crippen molar-refractivity contribution >= 4 is 29.3 Å². The van der Waals surface area contributed by atoms with Crippen LogP contribution in [0.15, 0.2) is 29.2 Å². The summed E-state index contributed by atoms with van der Waals surface area (Å²) in [5, 5.41) is -0.387. The summed E-state index contributed by atoms with van der Waals surface area (Å²) >= 11 is 1.42. The summed E-state index contributed by atoms with van der Waals surface area (Å²) in [6.45, 7) is 0. The van der Waals surface area contributed by atoms with Gasteiger partial charge in [-0.15, -0.1) is 11.8 Å². The van der Waals surface area contributed by atoms with E-state index >= 15 is 0 Å². The Morgan fingerprint density at radius 1 is 1.47 bits per heavy atom. The Morgan fingerprint density at radius 2 is 2.18 bits per heavy atom. The number of amides is 1. The summed E-state index contributed by atoms with van der Waals surface area (Å²) in [7, 11) is 3.06. The summed E-state index contributed by atoms with van der Waals surface area (Å²) in [5.74, 6) is -0.414. The van der Waals surface area contributed by atoms with E-state index in [4.69, 9.17) is 0 Å². The lowest BCUT2D eigenvalue weighted by atomic mass is 10.2. The molecule has 0 unspecified atom stereocenters. The number of carbonyl (C=O) groups is 2. The summed E-state index contributed by atoms with van der Waals surface area (Å²) in [6, 6.07) is 7.66. The highest BCUT2D eigenvalue weighted by molar-refractivity contribution is 8.01. The van der Waals surface area contributed by atoms with Crippen LogP contribution in [0, 0.1) is 0 Å². The van der Waals surface area contributed by atoms with E-state index in [2.05, 4.69) is 4.74 Å². The smallest absolute Gasteiger partial charge is 0.307 e. The monoisotopic (exact) mass is 251 g/mol. The van der Waals surface area contributed by atoms with E-state index < -0.39 is 0 Å². The first kappa shape index (κ1) is 12.0. The van der Waals surface area contributed by atoms with Crippen molar-refractivity contribution in [3.63, 3.8) is 0 Å². The van der Waals surface area contributed by atoms with Crippen LogP contribution in [-0.2, 0) is 14.3 Å². The first-order valence-corrected chi connectivity index (χ1v) is 6.11. The van der Waals surface area contributed by atoms with Crippen molar-refractivity contribution in [3.8, 4) is 0 Å². The van der Waals surface area contributed by atoms with Gasteiger partial charge in [-0.25, -0.2) is 0 Å². The summed E-state index contributed by atoms with van der Waals surface area (Å²) in [6.07, 6.45) is 0.110. The molecule has 0 aliphatic carbocycles. The van der Waals surface area contributed by atoms with Gasteiger partial charge >= 0.3 is 5.97 Å². The Bertz CT molecular complexity index is 461. The minimum Gasteiger partial charge on any atom is -0.469 e. The van der Waals surface area contributed by atoms with Crippen molar-refractivity contribution in [1.82, 2.24) is 0 Å². The van der Waals surface area contributed by atoms with Gasteiger partial charge < -0.3 is 9.64 Å². The van der Waals surface area contributed by atoms with Crippen LogP contribution in [0.4, 0.5) is 5.69 Å². The fourth-order valence-electron chi connectivity index (χ4n) is 1.74. The van der Waals surface area contributed by atoms with Crippen LogP contribution in [0.3, 0.4) is 0 Å². The van der Waals surface area contributed by atoms with Crippen LogP contribution >= 0.6 is 11.8 Å². The van der Waals surface area contributed by atoms with Gasteiger partial charge in [0.2, 0.25) is 5.91 Å². The zero-order chi connectivity index (χ0) is 12.4. The Morgan fingerprint density at radius 3 is 2.88 bits per heavy atom. The van der Waals surface area contributed by atoms with Gasteiger partial charge in [0.05, 0.1) is 24.5 Å². The third-order valence-corrected chi connectivity index (χ3v) is 3.93. The van der Waals surface area contributed by atoms with Crippen LogP contribution in [0.1, 0.15) is 6.42 Å². The molecule has 1 aliphatic heterocycles. The molecule has 1 aromatic carbocycles. The molecule has 0 spiro atoms. The second-order valence-electron chi connectivity index (χ2n) is 3.75. The average molecular weight is 251 g/mol. The van der Waals surface area contributed by atoms with E-state index in [1.165, 1.54) is 18.9 Å². The number of rotatable bonds is 2. The topological polar surface area (TPSA) is 46.6 Å². The highest BCUT2D eigenvalue weighted by Crippen LogP contribution is 2.39. The first-order chi connectivity index (χ1) is 8.13. The predicted molar refractivity (Wildman–Crippen MR) is 66.1 cm³/mol. The molecule has 0 radical (unpaired) electrons. The van der Waals surface area contributed by atoms with Gasteiger partial charge in [-0.3, -0.25) is 9.59 Å². The number of ether oxygens (including phenoxy) is 1. The average Bonchev–Trinajstić information content (AvgIpc) is 2.35. The molecule has 1 aliphatic rings. The largest absolute Gasteiger partial charge is 0.469 e. The lowest BCUT2D eigenvalue weighted by Crippen LogP contribution is -2.39. The normalized spacial score (nSPS) is 18.8. The molecule has 0 N–H and O–H groups in total. The van der Waals surface area contributed by atoms with Gasteiger partial charge in [0, 0.05) is 11.9 Å². The van der Waals surface area contributed by atoms with E-state index in [-0.39, 0.29) is 23.5 Å². The fourth-order valence-corrected chi connectivity index (χ4v) is 3.00. The van der Waals surface area contributed by atoms with Crippen molar-refractivity contribution in [2.75, 3.05) is 19.1 Å². The molecule has 4 nitrogen and oxygen atoms in total. The van der Waals surface area contributed by atoms with Crippen LogP contribution in [-0.4, -0.2) is 31.3 Å². The zero-order valence-electron chi connectivity index (χ0n) is 9.67. The number of thioether (sulfide) groups is 1. The van der Waals surface area contributed by atoms with E-state index in [1.807, 2.05) is 24.3 Å². The molecular weight excluding hydrogens is 238 g/mol. The number of hydrogen-bond acceptors (Lipinski definition) is 4. The predicted octanol–water partition coefficient (Wildman–Crippen LogP) is 1.69. The molecule has 0 bridgehead atoms. The molecule has 2 rings (SSSR count). The molecule has 17 heavy (non-hydrogen) atoms. The van der Waals surface area contributed by atoms with Gasteiger partial charge in [0.25, 0.3) is 0 Å². The number of hydrogen-bond donors (Lipinski definition) is 0. The number of benzene rings is 1. The van der Waals surface area contributed by atoms with Gasteiger partial charge in [0.1, 0.15) is 0 Å². The highest BCUT2D eigenvalue weighted by atomic mass is 32.2. The lowest BCUT2D eigenvalue weighted by Gasteiger charge is -2.30. The summed E-state index contributed by atoms with van der Waals surface area (Å²) in [4.78, 5) is 25.9. The number of methoxy groups -OCH3 is 1. The molecule has 1 heterocycles. The van der Waals surface area contributed by atoms with Crippen LogP contribution in [0.25, 0.3) is 0 Å². The summed E-state index contributed by atoms with van der Waals surface area (Å²) in [5.41, 5.74) is 0.892. The number of nitrogens with zero attached hydrogens (tertiary/aromatic N) is 1. The van der Waals surface area contributed by atoms with Gasteiger partial charge in [-0.2, -0.15) is 0 Å². The van der Waals surface area contributed by atoms with E-state index in [9.17, 15) is 9.59 Å². The molecular formula is C12H13NO3S. The molecule has 1 atom stereocenters. The highest BCUT2D eigenvalue weighted by Gasteiger charge is 2.32. The number of fused-ring (bicyclic) bond motifs is 1. The molecule has 0 saturated carbocycles. The van der Waals surface area contributed by atoms with Crippen molar-refractivity contribution in [1.29, 1.82) is 0 Å². The Balaban J connectivity index is 2.25.